The smallest absolute Gasteiger partial charge is 0.324 e. The first-order valence-corrected chi connectivity index (χ1v) is 10.8. The Kier molecular flexibility index (Phi) is 5.07. The average Bonchev–Trinajstić information content (AvgIpc) is 3.41. The van der Waals surface area contributed by atoms with E-state index in [9.17, 15) is 14.4 Å². The second-order valence-corrected chi connectivity index (χ2v) is 8.86. The molecule has 0 radical (unpaired) electrons. The van der Waals surface area contributed by atoms with E-state index >= 15 is 0 Å². The predicted molar refractivity (Wildman–Crippen MR) is 109 cm³/mol. The van der Waals surface area contributed by atoms with Gasteiger partial charge in [-0.3, -0.25) is 24.6 Å². The van der Waals surface area contributed by atoms with Gasteiger partial charge in [-0.15, -0.1) is 0 Å². The molecule has 0 bridgehead atoms. The van der Waals surface area contributed by atoms with Gasteiger partial charge in [0.25, 0.3) is 0 Å². The molecule has 4 aliphatic rings. The quantitative estimate of drug-likeness (QED) is 0.534. The third-order valence-corrected chi connectivity index (χ3v) is 6.33. The zero-order valence-corrected chi connectivity index (χ0v) is 18.1. The molecule has 4 heterocycles. The summed E-state index contributed by atoms with van der Waals surface area (Å²) in [6, 6.07) is 8.02. The average molecular weight is 442 g/mol. The zero-order valence-electron chi connectivity index (χ0n) is 18.1. The van der Waals surface area contributed by atoms with Gasteiger partial charge in [-0.05, 0) is 32.4 Å². The highest BCUT2D eigenvalue weighted by molar-refractivity contribution is 6.08. The van der Waals surface area contributed by atoms with Crippen LogP contribution in [0, 0.1) is 11.8 Å². The number of likely N-dealkylation sites (tertiary alicyclic amines) is 1. The van der Waals surface area contributed by atoms with Crippen molar-refractivity contribution in [2.75, 3.05) is 6.61 Å². The van der Waals surface area contributed by atoms with Gasteiger partial charge in [0, 0.05) is 6.54 Å². The van der Waals surface area contributed by atoms with Crippen LogP contribution in [0.3, 0.4) is 0 Å². The summed E-state index contributed by atoms with van der Waals surface area (Å²) in [6.07, 6.45) is 0.723. The lowest BCUT2D eigenvalue weighted by molar-refractivity contribution is -0.184. The molecule has 3 saturated heterocycles. The fourth-order valence-electron chi connectivity index (χ4n) is 5.19. The van der Waals surface area contributed by atoms with Crippen LogP contribution in [0.5, 0.6) is 0 Å². The highest BCUT2D eigenvalue weighted by atomic mass is 16.8. The molecule has 32 heavy (non-hydrogen) atoms. The molecule has 0 spiro atoms. The Morgan fingerprint density at radius 2 is 1.84 bits per heavy atom. The van der Waals surface area contributed by atoms with Gasteiger partial charge in [-0.1, -0.05) is 30.3 Å². The number of amides is 2. The largest absolute Gasteiger partial charge is 0.465 e. The summed E-state index contributed by atoms with van der Waals surface area (Å²) < 4.78 is 23.1. The minimum atomic E-state index is -0.917. The van der Waals surface area contributed by atoms with Gasteiger partial charge < -0.3 is 18.9 Å². The molecular formula is C23H26N2O7. The number of fused-ring (bicyclic) bond motifs is 2. The third kappa shape index (κ3) is 3.41. The Hall–Kier alpha value is -2.75. The molecule has 4 aliphatic heterocycles. The van der Waals surface area contributed by atoms with E-state index in [-0.39, 0.29) is 6.61 Å². The standard InChI is InChI=1S/C23H26N2O7/c1-4-29-21(28)18-16-15(19(26)24-20(16)27)17(25(18)11-12-8-6-5-7-9-12)13-10-14-22(30-13)32-23(2,3)31-14/h5-10,14-18,22H,4,11H2,1-3H3,(H,24,26,27)/t14-,15?,16?,17+,18-,22-/m1/s1. The monoisotopic (exact) mass is 442 g/mol. The van der Waals surface area contributed by atoms with Gasteiger partial charge in [0.15, 0.2) is 5.79 Å². The topological polar surface area (TPSA) is 103 Å². The van der Waals surface area contributed by atoms with Crippen molar-refractivity contribution in [3.8, 4) is 0 Å². The molecule has 1 aromatic rings. The Bertz CT molecular complexity index is 976. The summed E-state index contributed by atoms with van der Waals surface area (Å²) in [5.74, 6) is -3.37. The number of hydrogen-bond acceptors (Lipinski definition) is 8. The second-order valence-electron chi connectivity index (χ2n) is 8.86. The molecule has 6 atom stereocenters. The second kappa shape index (κ2) is 7.68. The number of carbonyl (C=O) groups excluding carboxylic acids is 3. The zero-order chi connectivity index (χ0) is 22.6. The number of rotatable bonds is 5. The van der Waals surface area contributed by atoms with E-state index in [1.54, 1.807) is 26.8 Å². The molecule has 5 rings (SSSR count). The summed E-state index contributed by atoms with van der Waals surface area (Å²) in [6.45, 7) is 5.83. The van der Waals surface area contributed by atoms with Gasteiger partial charge in [0.05, 0.1) is 24.5 Å². The highest BCUT2D eigenvalue weighted by Crippen LogP contribution is 2.47. The van der Waals surface area contributed by atoms with Gasteiger partial charge in [-0.2, -0.15) is 0 Å². The first-order chi connectivity index (χ1) is 15.3. The van der Waals surface area contributed by atoms with Gasteiger partial charge >= 0.3 is 5.97 Å². The number of esters is 1. The molecule has 0 aromatic heterocycles. The minimum absolute atomic E-state index is 0.173. The normalized spacial score (nSPS) is 35.2. The van der Waals surface area contributed by atoms with Crippen molar-refractivity contribution < 1.29 is 33.3 Å². The van der Waals surface area contributed by atoms with Crippen LogP contribution in [0.1, 0.15) is 26.3 Å². The van der Waals surface area contributed by atoms with Crippen molar-refractivity contribution in [3.63, 3.8) is 0 Å². The Morgan fingerprint density at radius 1 is 1.12 bits per heavy atom. The van der Waals surface area contributed by atoms with Crippen molar-refractivity contribution in [2.24, 2.45) is 11.8 Å². The van der Waals surface area contributed by atoms with E-state index in [1.807, 2.05) is 35.2 Å². The lowest BCUT2D eigenvalue weighted by Gasteiger charge is -2.32. The Labute approximate surface area is 185 Å². The lowest BCUT2D eigenvalue weighted by Crippen LogP contribution is -2.48. The van der Waals surface area contributed by atoms with E-state index in [0.29, 0.717) is 12.3 Å². The van der Waals surface area contributed by atoms with Crippen molar-refractivity contribution >= 4 is 17.8 Å². The summed E-state index contributed by atoms with van der Waals surface area (Å²) in [4.78, 5) is 40.5. The van der Waals surface area contributed by atoms with Crippen molar-refractivity contribution in [1.29, 1.82) is 0 Å². The Balaban J connectivity index is 1.55. The van der Waals surface area contributed by atoms with Crippen LogP contribution in [-0.4, -0.2) is 59.6 Å². The lowest BCUT2D eigenvalue weighted by atomic mass is 9.88. The first-order valence-electron chi connectivity index (χ1n) is 10.8. The summed E-state index contributed by atoms with van der Waals surface area (Å²) in [5.41, 5.74) is 0.937. The van der Waals surface area contributed by atoms with E-state index in [2.05, 4.69) is 5.32 Å². The van der Waals surface area contributed by atoms with Crippen molar-refractivity contribution in [1.82, 2.24) is 10.2 Å². The number of nitrogens with zero attached hydrogens (tertiary/aromatic N) is 1. The first kappa shape index (κ1) is 21.1. The predicted octanol–water partition coefficient (Wildman–Crippen LogP) is 1.08. The molecule has 2 unspecified atom stereocenters. The third-order valence-electron chi connectivity index (χ3n) is 6.33. The van der Waals surface area contributed by atoms with Crippen LogP contribution in [-0.2, 0) is 39.9 Å². The van der Waals surface area contributed by atoms with E-state index in [1.165, 1.54) is 0 Å². The fourth-order valence-corrected chi connectivity index (χ4v) is 5.19. The van der Waals surface area contributed by atoms with Crippen LogP contribution in [0.25, 0.3) is 0 Å². The summed E-state index contributed by atoms with van der Waals surface area (Å²) >= 11 is 0. The molecule has 0 aliphatic carbocycles. The van der Waals surface area contributed by atoms with Crippen molar-refractivity contribution in [2.45, 2.75) is 57.6 Å². The number of benzene rings is 1. The van der Waals surface area contributed by atoms with Gasteiger partial charge in [-0.25, -0.2) is 0 Å². The maximum Gasteiger partial charge on any atom is 0.324 e. The molecule has 0 saturated carbocycles. The van der Waals surface area contributed by atoms with Crippen LogP contribution in [0.15, 0.2) is 42.2 Å². The number of imide groups is 1. The molecule has 9 nitrogen and oxygen atoms in total. The Morgan fingerprint density at radius 3 is 2.53 bits per heavy atom. The summed E-state index contributed by atoms with van der Waals surface area (Å²) in [7, 11) is 0. The molecule has 1 N–H and O–H groups in total. The molecule has 1 aromatic carbocycles. The van der Waals surface area contributed by atoms with Gasteiger partial charge in [0.1, 0.15) is 17.9 Å². The van der Waals surface area contributed by atoms with Gasteiger partial charge in [0.2, 0.25) is 18.1 Å². The van der Waals surface area contributed by atoms with E-state index < -0.39 is 59.9 Å². The van der Waals surface area contributed by atoms with Crippen LogP contribution >= 0.6 is 0 Å². The molecule has 3 fully saturated rings. The maximum atomic E-state index is 13.0. The highest BCUT2D eigenvalue weighted by Gasteiger charge is 2.64. The number of ether oxygens (including phenoxy) is 4. The number of hydrogen-bond donors (Lipinski definition) is 1. The van der Waals surface area contributed by atoms with Crippen LogP contribution in [0.4, 0.5) is 0 Å². The molecule has 2 amide bonds. The van der Waals surface area contributed by atoms with Crippen LogP contribution < -0.4 is 5.32 Å². The number of nitrogens with one attached hydrogen (secondary N) is 1. The summed E-state index contributed by atoms with van der Waals surface area (Å²) in [5, 5.41) is 2.39. The fraction of sp³-hybridized carbons (Fsp3) is 0.522. The van der Waals surface area contributed by atoms with Crippen LogP contribution in [0.2, 0.25) is 0 Å². The maximum absolute atomic E-state index is 13.0. The van der Waals surface area contributed by atoms with Crippen molar-refractivity contribution in [3.05, 3.63) is 47.7 Å². The molecule has 9 heteroatoms. The minimum Gasteiger partial charge on any atom is -0.465 e. The number of carbonyl (C=O) groups is 3. The molecular weight excluding hydrogens is 416 g/mol. The van der Waals surface area contributed by atoms with E-state index in [4.69, 9.17) is 18.9 Å². The SMILES string of the molecule is CCOC(=O)[C@H]1C2C(=O)NC(=O)C2[C@H](C2=C[C@H]3OC(C)(C)O[C@H]3O2)N1Cc1ccccc1. The molecule has 170 valence electrons. The van der Waals surface area contributed by atoms with E-state index in [0.717, 1.165) is 5.56 Å².